The van der Waals surface area contributed by atoms with Gasteiger partial charge in [-0.25, -0.2) is 9.97 Å². The van der Waals surface area contributed by atoms with Crippen LogP contribution >= 0.6 is 0 Å². The maximum absolute atomic E-state index is 10.6. The average molecular weight is 416 g/mol. The predicted molar refractivity (Wildman–Crippen MR) is 124 cm³/mol. The molecule has 1 aliphatic rings. The topological polar surface area (TPSA) is 99.2 Å². The van der Waals surface area contributed by atoms with Gasteiger partial charge in [0.15, 0.2) is 0 Å². The van der Waals surface area contributed by atoms with Crippen molar-refractivity contribution in [2.45, 2.75) is 26.7 Å². The summed E-state index contributed by atoms with van der Waals surface area (Å²) in [6.07, 6.45) is 3.85. The minimum Gasteiger partial charge on any atom is -0.371 e. The summed E-state index contributed by atoms with van der Waals surface area (Å²) in [4.78, 5) is 22.3. The highest BCUT2D eigenvalue weighted by molar-refractivity contribution is 5.88. The summed E-state index contributed by atoms with van der Waals surface area (Å²) in [6.45, 7) is 6.41. The van der Waals surface area contributed by atoms with Crippen molar-refractivity contribution in [1.29, 1.82) is 0 Å². The van der Waals surface area contributed by atoms with E-state index in [1.807, 2.05) is 31.3 Å². The lowest BCUT2D eigenvalue weighted by molar-refractivity contribution is 0.414. The number of benzene rings is 2. The van der Waals surface area contributed by atoms with E-state index in [2.05, 4.69) is 49.6 Å². The van der Waals surface area contributed by atoms with Crippen molar-refractivity contribution in [3.8, 4) is 0 Å². The predicted octanol–water partition coefficient (Wildman–Crippen LogP) is 4.85. The molecule has 2 N–H and O–H groups in total. The first kappa shape index (κ1) is 19.4. The van der Waals surface area contributed by atoms with Crippen LogP contribution in [-0.2, 0) is 0 Å². The molecule has 0 bridgehead atoms. The zero-order chi connectivity index (χ0) is 21.4. The van der Waals surface area contributed by atoms with Crippen LogP contribution in [0.25, 0.3) is 21.8 Å². The van der Waals surface area contributed by atoms with Crippen LogP contribution in [0.3, 0.4) is 0 Å². The van der Waals surface area contributed by atoms with E-state index >= 15 is 0 Å². The molecule has 8 nitrogen and oxygen atoms in total. The second-order valence-electron chi connectivity index (χ2n) is 8.28. The molecule has 4 aromatic rings. The Morgan fingerprint density at radius 2 is 2.03 bits per heavy atom. The normalized spacial score (nSPS) is 15.0. The lowest BCUT2D eigenvalue weighted by atomic mass is 9.96. The van der Waals surface area contributed by atoms with Crippen LogP contribution in [0.4, 0.5) is 17.3 Å². The Kier molecular flexibility index (Phi) is 4.97. The number of piperidine rings is 1. The summed E-state index contributed by atoms with van der Waals surface area (Å²) >= 11 is 0. The third kappa shape index (κ3) is 3.69. The van der Waals surface area contributed by atoms with Crippen molar-refractivity contribution in [3.63, 3.8) is 0 Å². The van der Waals surface area contributed by atoms with E-state index in [9.17, 15) is 4.91 Å². The number of fused-ring (bicyclic) bond motifs is 2. The Hall–Kier alpha value is -3.55. The SMILES string of the molecule is Cc1n[nH]c2cc(Nc3ncc4ccc(N5CCC(CN=O)CC5)c(C)c4n3)ccc12. The maximum Gasteiger partial charge on any atom is 0.227 e. The van der Waals surface area contributed by atoms with Gasteiger partial charge in [0.1, 0.15) is 0 Å². The zero-order valence-corrected chi connectivity index (χ0v) is 17.7. The van der Waals surface area contributed by atoms with Crippen LogP contribution in [0.15, 0.2) is 41.7 Å². The number of hydrogen-bond acceptors (Lipinski definition) is 7. The number of H-pyrrole nitrogens is 1. The van der Waals surface area contributed by atoms with Gasteiger partial charge >= 0.3 is 0 Å². The van der Waals surface area contributed by atoms with Crippen molar-refractivity contribution >= 4 is 39.1 Å². The minimum atomic E-state index is 0.406. The van der Waals surface area contributed by atoms with Gasteiger partial charge in [0.25, 0.3) is 0 Å². The Labute approximate surface area is 180 Å². The van der Waals surface area contributed by atoms with E-state index in [0.717, 1.165) is 64.7 Å². The molecule has 31 heavy (non-hydrogen) atoms. The summed E-state index contributed by atoms with van der Waals surface area (Å²) < 4.78 is 0. The monoisotopic (exact) mass is 415 g/mol. The van der Waals surface area contributed by atoms with Crippen molar-refractivity contribution in [2.24, 2.45) is 11.1 Å². The summed E-state index contributed by atoms with van der Waals surface area (Å²) in [5.41, 5.74) is 6.17. The van der Waals surface area contributed by atoms with Crippen LogP contribution in [0.1, 0.15) is 24.1 Å². The molecule has 0 unspecified atom stereocenters. The summed E-state index contributed by atoms with van der Waals surface area (Å²) in [5, 5.41) is 15.8. The highest BCUT2D eigenvalue weighted by atomic mass is 16.3. The van der Waals surface area contributed by atoms with Crippen molar-refractivity contribution in [2.75, 3.05) is 29.9 Å². The first-order chi connectivity index (χ1) is 15.1. The number of rotatable bonds is 5. The Morgan fingerprint density at radius 3 is 2.84 bits per heavy atom. The zero-order valence-electron chi connectivity index (χ0n) is 17.7. The second kappa shape index (κ2) is 7.94. The van der Waals surface area contributed by atoms with E-state index < -0.39 is 0 Å². The Balaban J connectivity index is 1.41. The van der Waals surface area contributed by atoms with Crippen molar-refractivity contribution < 1.29 is 0 Å². The number of nitroso groups, excluding NO2 is 1. The van der Waals surface area contributed by atoms with Gasteiger partial charge in [-0.05, 0) is 68.5 Å². The van der Waals surface area contributed by atoms with Gasteiger partial charge in [-0.15, -0.1) is 0 Å². The third-order valence-corrected chi connectivity index (χ3v) is 6.27. The number of aryl methyl sites for hydroxylation is 2. The number of aromatic nitrogens is 4. The van der Waals surface area contributed by atoms with E-state index in [0.29, 0.717) is 18.4 Å². The molecule has 0 atom stereocenters. The summed E-state index contributed by atoms with van der Waals surface area (Å²) in [7, 11) is 0. The number of anilines is 3. The molecule has 3 heterocycles. The van der Waals surface area contributed by atoms with Crippen LogP contribution in [-0.4, -0.2) is 39.8 Å². The Bertz CT molecular complexity index is 1260. The van der Waals surface area contributed by atoms with Crippen LogP contribution in [0.5, 0.6) is 0 Å². The molecule has 1 fully saturated rings. The molecule has 5 rings (SSSR count). The van der Waals surface area contributed by atoms with Gasteiger partial charge < -0.3 is 10.2 Å². The van der Waals surface area contributed by atoms with E-state index in [4.69, 9.17) is 4.98 Å². The fraction of sp³-hybridized carbons (Fsp3) is 0.348. The molecule has 1 saturated heterocycles. The van der Waals surface area contributed by atoms with E-state index in [1.54, 1.807) is 0 Å². The molecular weight excluding hydrogens is 390 g/mol. The molecule has 2 aromatic carbocycles. The quantitative estimate of drug-likeness (QED) is 0.452. The molecule has 0 amide bonds. The number of hydrogen-bond donors (Lipinski definition) is 2. The van der Waals surface area contributed by atoms with E-state index in [-0.39, 0.29) is 0 Å². The van der Waals surface area contributed by atoms with Crippen LogP contribution in [0.2, 0.25) is 0 Å². The van der Waals surface area contributed by atoms with Crippen molar-refractivity contribution in [1.82, 2.24) is 20.2 Å². The Morgan fingerprint density at radius 1 is 1.19 bits per heavy atom. The molecule has 1 aliphatic heterocycles. The van der Waals surface area contributed by atoms with Gasteiger partial charge in [0.05, 0.1) is 23.3 Å². The summed E-state index contributed by atoms with van der Waals surface area (Å²) in [5.74, 6) is 0.975. The standard InChI is InChI=1S/C23H25N7O/c1-14-21(30-9-7-16(8-10-30)12-25-31)6-3-17-13-24-23(27-22(14)17)26-18-4-5-19-15(2)28-29-20(19)11-18/h3-6,11,13,16H,7-10,12H2,1-2H3,(H,28,29)(H,24,26,27). The molecule has 2 aromatic heterocycles. The van der Waals surface area contributed by atoms with Gasteiger partial charge in [-0.3, -0.25) is 5.10 Å². The molecule has 8 heteroatoms. The molecule has 0 aliphatic carbocycles. The molecular formula is C23H25N7O. The average Bonchev–Trinajstić information content (AvgIpc) is 3.15. The number of aromatic amines is 1. The largest absolute Gasteiger partial charge is 0.371 e. The third-order valence-electron chi connectivity index (χ3n) is 6.27. The molecule has 0 saturated carbocycles. The van der Waals surface area contributed by atoms with Gasteiger partial charge in [-0.1, -0.05) is 5.18 Å². The van der Waals surface area contributed by atoms with Gasteiger partial charge in [0, 0.05) is 41.4 Å². The van der Waals surface area contributed by atoms with Gasteiger partial charge in [-0.2, -0.15) is 10.0 Å². The highest BCUT2D eigenvalue weighted by Crippen LogP contribution is 2.31. The lowest BCUT2D eigenvalue weighted by Crippen LogP contribution is -2.34. The molecule has 0 spiro atoms. The second-order valence-corrected chi connectivity index (χ2v) is 8.28. The van der Waals surface area contributed by atoms with Gasteiger partial charge in [0.2, 0.25) is 5.95 Å². The highest BCUT2D eigenvalue weighted by Gasteiger charge is 2.21. The fourth-order valence-electron chi connectivity index (χ4n) is 4.46. The maximum atomic E-state index is 10.6. The first-order valence-corrected chi connectivity index (χ1v) is 10.6. The minimum absolute atomic E-state index is 0.406. The number of nitrogens with one attached hydrogen (secondary N) is 2. The lowest BCUT2D eigenvalue weighted by Gasteiger charge is -2.33. The summed E-state index contributed by atoms with van der Waals surface area (Å²) in [6, 6.07) is 10.3. The van der Waals surface area contributed by atoms with E-state index in [1.165, 1.54) is 5.69 Å². The number of nitrogens with zero attached hydrogens (tertiary/aromatic N) is 5. The van der Waals surface area contributed by atoms with Crippen LogP contribution < -0.4 is 10.2 Å². The first-order valence-electron chi connectivity index (χ1n) is 10.6. The fourth-order valence-corrected chi connectivity index (χ4v) is 4.46. The van der Waals surface area contributed by atoms with Crippen LogP contribution in [0, 0.1) is 24.7 Å². The van der Waals surface area contributed by atoms with Crippen molar-refractivity contribution in [3.05, 3.63) is 52.7 Å². The molecule has 0 radical (unpaired) electrons. The molecule has 158 valence electrons. The smallest absolute Gasteiger partial charge is 0.227 e.